The third kappa shape index (κ3) is 3.98. The van der Waals surface area contributed by atoms with Crippen LogP contribution >= 0.6 is 0 Å². The number of aliphatic hydroxyl groups is 1. The van der Waals surface area contributed by atoms with E-state index in [9.17, 15) is 15.3 Å². The monoisotopic (exact) mass is 389 g/mol. The van der Waals surface area contributed by atoms with Gasteiger partial charge in [0.1, 0.15) is 17.2 Å². The molecule has 0 saturated heterocycles. The number of H-pyrrole nitrogens is 1. The second kappa shape index (κ2) is 8.13. The number of rotatable bonds is 8. The van der Waals surface area contributed by atoms with Gasteiger partial charge in [-0.2, -0.15) is 9.97 Å². The van der Waals surface area contributed by atoms with E-state index in [0.717, 1.165) is 0 Å². The Hall–Kier alpha value is -3.34. The number of aliphatic hydroxyl groups excluding tert-OH is 1. The van der Waals surface area contributed by atoms with E-state index in [1.807, 2.05) is 13.8 Å². The topological polar surface area (TPSA) is 161 Å². The minimum atomic E-state index is -0.226. The van der Waals surface area contributed by atoms with Gasteiger partial charge in [0.05, 0.1) is 25.3 Å². The summed E-state index contributed by atoms with van der Waals surface area (Å²) in [5.41, 5.74) is 1.09. The van der Waals surface area contributed by atoms with Crippen LogP contribution in [0.15, 0.2) is 12.1 Å². The molecule has 150 valence electrons. The van der Waals surface area contributed by atoms with Crippen LogP contribution in [0.4, 0.5) is 11.8 Å². The molecule has 11 heteroatoms. The summed E-state index contributed by atoms with van der Waals surface area (Å²) >= 11 is 0. The van der Waals surface area contributed by atoms with Gasteiger partial charge in [0.2, 0.25) is 5.95 Å². The SMILES string of the molecule is COc1cc(O)c(CNc2nc(NC(CO)C(C)C)nc3[nH]nnc23)c(O)c1. The fourth-order valence-electron chi connectivity index (χ4n) is 2.61. The molecule has 28 heavy (non-hydrogen) atoms. The quantitative estimate of drug-likeness (QED) is 0.330. The summed E-state index contributed by atoms with van der Waals surface area (Å²) in [5.74, 6) is 0.915. The average molecular weight is 389 g/mol. The van der Waals surface area contributed by atoms with Crippen LogP contribution in [0, 0.1) is 5.92 Å². The molecule has 1 unspecified atom stereocenters. The van der Waals surface area contributed by atoms with Crippen LogP contribution in [0.25, 0.3) is 11.2 Å². The van der Waals surface area contributed by atoms with Crippen molar-refractivity contribution in [3.8, 4) is 17.2 Å². The van der Waals surface area contributed by atoms with Gasteiger partial charge < -0.3 is 30.7 Å². The summed E-state index contributed by atoms with van der Waals surface area (Å²) in [7, 11) is 1.44. The number of aromatic hydroxyl groups is 2. The van der Waals surface area contributed by atoms with Gasteiger partial charge in [0.15, 0.2) is 17.0 Å². The number of fused-ring (bicyclic) bond motifs is 1. The first-order chi connectivity index (χ1) is 13.4. The third-order valence-corrected chi connectivity index (χ3v) is 4.35. The number of ether oxygens (including phenoxy) is 1. The Kier molecular flexibility index (Phi) is 5.64. The summed E-state index contributed by atoms with van der Waals surface area (Å²) in [6.07, 6.45) is 0. The molecular formula is C17H23N7O4. The zero-order valence-corrected chi connectivity index (χ0v) is 15.8. The van der Waals surface area contributed by atoms with E-state index in [4.69, 9.17) is 4.74 Å². The highest BCUT2D eigenvalue weighted by Crippen LogP contribution is 2.33. The first-order valence-electron chi connectivity index (χ1n) is 8.71. The molecule has 0 spiro atoms. The molecule has 0 bridgehead atoms. The number of aromatic amines is 1. The number of methoxy groups -OCH3 is 1. The predicted octanol–water partition coefficient (Wildman–Crippen LogP) is 1.21. The number of hydrogen-bond acceptors (Lipinski definition) is 10. The van der Waals surface area contributed by atoms with Crippen LogP contribution in [-0.2, 0) is 6.54 Å². The number of phenols is 2. The van der Waals surface area contributed by atoms with Crippen molar-refractivity contribution in [1.29, 1.82) is 0 Å². The molecule has 2 aromatic heterocycles. The lowest BCUT2D eigenvalue weighted by atomic mass is 10.1. The molecule has 0 aliphatic heterocycles. The Bertz CT molecular complexity index is 937. The number of phenolic OH excluding ortho intramolecular Hbond substituents is 2. The lowest BCUT2D eigenvalue weighted by Gasteiger charge is -2.20. The Balaban J connectivity index is 1.88. The first kappa shape index (κ1) is 19.4. The van der Waals surface area contributed by atoms with Gasteiger partial charge in [-0.1, -0.05) is 19.1 Å². The Morgan fingerprint density at radius 2 is 1.89 bits per heavy atom. The number of benzene rings is 1. The molecule has 0 aliphatic carbocycles. The number of anilines is 2. The van der Waals surface area contributed by atoms with Crippen LogP contribution in [-0.4, -0.2) is 60.5 Å². The van der Waals surface area contributed by atoms with E-state index in [1.54, 1.807) is 0 Å². The molecule has 3 aromatic rings. The van der Waals surface area contributed by atoms with Crippen molar-refractivity contribution >= 4 is 22.9 Å². The van der Waals surface area contributed by atoms with Crippen LogP contribution in [0.1, 0.15) is 19.4 Å². The summed E-state index contributed by atoms with van der Waals surface area (Å²) in [4.78, 5) is 8.71. The number of aromatic nitrogens is 5. The first-order valence-corrected chi connectivity index (χ1v) is 8.71. The standard InChI is InChI=1S/C17H23N7O4/c1-8(2)11(7-25)19-17-20-15(14-16(21-17)23-24-22-14)18-6-10-12(26)4-9(28-3)5-13(10)27/h4-5,8,11,25-27H,6-7H2,1-3H3,(H3,18,19,20,21,22,23,24). The van der Waals surface area contributed by atoms with E-state index in [1.165, 1.54) is 19.2 Å². The van der Waals surface area contributed by atoms with E-state index in [0.29, 0.717) is 22.7 Å². The fourth-order valence-corrected chi connectivity index (χ4v) is 2.61. The van der Waals surface area contributed by atoms with Crippen LogP contribution < -0.4 is 15.4 Å². The number of nitrogens with one attached hydrogen (secondary N) is 3. The largest absolute Gasteiger partial charge is 0.507 e. The molecule has 1 atom stereocenters. The molecular weight excluding hydrogens is 366 g/mol. The summed E-state index contributed by atoms with van der Waals surface area (Å²) < 4.78 is 5.01. The zero-order chi connectivity index (χ0) is 20.3. The molecule has 0 fully saturated rings. The average Bonchev–Trinajstić information content (AvgIpc) is 3.13. The maximum Gasteiger partial charge on any atom is 0.227 e. The van der Waals surface area contributed by atoms with Crippen molar-refractivity contribution in [3.05, 3.63) is 17.7 Å². The molecule has 6 N–H and O–H groups in total. The molecule has 2 heterocycles. The highest BCUT2D eigenvalue weighted by atomic mass is 16.5. The predicted molar refractivity (Wildman–Crippen MR) is 102 cm³/mol. The van der Waals surface area contributed by atoms with Gasteiger partial charge in [-0.05, 0) is 5.92 Å². The van der Waals surface area contributed by atoms with Crippen molar-refractivity contribution in [3.63, 3.8) is 0 Å². The summed E-state index contributed by atoms with van der Waals surface area (Å²) in [6, 6.07) is 2.59. The van der Waals surface area contributed by atoms with Gasteiger partial charge in [0, 0.05) is 18.7 Å². The highest BCUT2D eigenvalue weighted by molar-refractivity contribution is 5.83. The zero-order valence-electron chi connectivity index (χ0n) is 15.8. The van der Waals surface area contributed by atoms with E-state index >= 15 is 0 Å². The maximum atomic E-state index is 10.1. The lowest BCUT2D eigenvalue weighted by Crippen LogP contribution is -2.30. The van der Waals surface area contributed by atoms with Crippen molar-refractivity contribution < 1.29 is 20.1 Å². The molecule has 1 aromatic carbocycles. The second-order valence-electron chi connectivity index (χ2n) is 6.58. The number of hydrogen-bond donors (Lipinski definition) is 6. The molecule has 3 rings (SSSR count). The second-order valence-corrected chi connectivity index (χ2v) is 6.58. The number of nitrogens with zero attached hydrogens (tertiary/aromatic N) is 4. The van der Waals surface area contributed by atoms with Gasteiger partial charge in [-0.15, -0.1) is 5.10 Å². The Morgan fingerprint density at radius 1 is 1.18 bits per heavy atom. The fraction of sp³-hybridized carbons (Fsp3) is 0.412. The molecule has 0 amide bonds. The molecule has 11 nitrogen and oxygen atoms in total. The Labute approximate surface area is 160 Å². The van der Waals surface area contributed by atoms with Crippen LogP contribution in [0.5, 0.6) is 17.2 Å². The van der Waals surface area contributed by atoms with Crippen molar-refractivity contribution in [2.24, 2.45) is 5.92 Å². The third-order valence-electron chi connectivity index (χ3n) is 4.35. The van der Waals surface area contributed by atoms with Gasteiger partial charge in [-0.3, -0.25) is 0 Å². The summed E-state index contributed by atoms with van der Waals surface area (Å²) in [6.45, 7) is 3.95. The Morgan fingerprint density at radius 3 is 2.50 bits per heavy atom. The minimum Gasteiger partial charge on any atom is -0.507 e. The van der Waals surface area contributed by atoms with E-state index in [2.05, 4.69) is 36.0 Å². The maximum absolute atomic E-state index is 10.1. The van der Waals surface area contributed by atoms with Gasteiger partial charge in [0.25, 0.3) is 0 Å². The molecule has 0 radical (unpaired) electrons. The summed E-state index contributed by atoms with van der Waals surface area (Å²) in [5, 5.41) is 46.3. The minimum absolute atomic E-state index is 0.0728. The van der Waals surface area contributed by atoms with Crippen LogP contribution in [0.3, 0.4) is 0 Å². The molecule has 0 aliphatic rings. The normalized spacial score (nSPS) is 12.3. The van der Waals surface area contributed by atoms with Crippen molar-refractivity contribution in [2.75, 3.05) is 24.4 Å². The van der Waals surface area contributed by atoms with E-state index < -0.39 is 0 Å². The van der Waals surface area contributed by atoms with Gasteiger partial charge >= 0.3 is 0 Å². The highest BCUT2D eigenvalue weighted by Gasteiger charge is 2.17. The van der Waals surface area contributed by atoms with E-state index in [-0.39, 0.29) is 48.1 Å². The smallest absolute Gasteiger partial charge is 0.227 e. The van der Waals surface area contributed by atoms with Crippen LogP contribution in [0.2, 0.25) is 0 Å². The lowest BCUT2D eigenvalue weighted by molar-refractivity contribution is 0.248. The van der Waals surface area contributed by atoms with Crippen molar-refractivity contribution in [2.45, 2.75) is 26.4 Å². The van der Waals surface area contributed by atoms with Crippen molar-refractivity contribution in [1.82, 2.24) is 25.4 Å². The molecule has 0 saturated carbocycles. The van der Waals surface area contributed by atoms with Gasteiger partial charge in [-0.25, -0.2) is 5.10 Å².